The molecule has 0 bridgehead atoms. The van der Waals surface area contributed by atoms with E-state index in [1.54, 1.807) is 12.1 Å². The first-order valence-electron chi connectivity index (χ1n) is 3.88. The summed E-state index contributed by atoms with van der Waals surface area (Å²) >= 11 is 0. The SMILES string of the molecule is N#Cc1cccc(-n2ccnn2)c1F. The number of aromatic nitrogens is 3. The van der Waals surface area contributed by atoms with Gasteiger partial charge in [0.15, 0.2) is 5.82 Å². The molecule has 2 aromatic rings. The Kier molecular flexibility index (Phi) is 1.95. The van der Waals surface area contributed by atoms with E-state index >= 15 is 0 Å². The van der Waals surface area contributed by atoms with Crippen LogP contribution in [0.4, 0.5) is 4.39 Å². The summed E-state index contributed by atoms with van der Waals surface area (Å²) in [6.07, 6.45) is 2.96. The van der Waals surface area contributed by atoms with Gasteiger partial charge in [0, 0.05) is 0 Å². The van der Waals surface area contributed by atoms with E-state index in [0.717, 1.165) is 0 Å². The lowest BCUT2D eigenvalue weighted by Crippen LogP contribution is -2.00. The summed E-state index contributed by atoms with van der Waals surface area (Å²) in [4.78, 5) is 0. The van der Waals surface area contributed by atoms with Crippen molar-refractivity contribution >= 4 is 0 Å². The van der Waals surface area contributed by atoms with Crippen LogP contribution in [0.15, 0.2) is 30.6 Å². The van der Waals surface area contributed by atoms with E-state index in [1.165, 1.54) is 29.2 Å². The predicted molar refractivity (Wildman–Crippen MR) is 46.0 cm³/mol. The molecule has 14 heavy (non-hydrogen) atoms. The zero-order valence-electron chi connectivity index (χ0n) is 7.05. The molecule has 0 aliphatic heterocycles. The molecule has 0 N–H and O–H groups in total. The molecular weight excluding hydrogens is 183 g/mol. The Morgan fingerprint density at radius 1 is 1.43 bits per heavy atom. The van der Waals surface area contributed by atoms with Crippen LogP contribution in [0.3, 0.4) is 0 Å². The molecule has 0 fully saturated rings. The van der Waals surface area contributed by atoms with Crippen LogP contribution in [0, 0.1) is 17.1 Å². The van der Waals surface area contributed by atoms with Gasteiger partial charge in [-0.05, 0) is 12.1 Å². The third-order valence-electron chi connectivity index (χ3n) is 1.77. The van der Waals surface area contributed by atoms with Crippen LogP contribution in [0.25, 0.3) is 5.69 Å². The summed E-state index contributed by atoms with van der Waals surface area (Å²) in [6, 6.07) is 6.30. The Morgan fingerprint density at radius 3 is 2.93 bits per heavy atom. The number of hydrogen-bond donors (Lipinski definition) is 0. The number of benzene rings is 1. The van der Waals surface area contributed by atoms with Crippen molar-refractivity contribution in [2.45, 2.75) is 0 Å². The molecule has 4 nitrogen and oxygen atoms in total. The van der Waals surface area contributed by atoms with Gasteiger partial charge in [0.1, 0.15) is 11.8 Å². The Bertz CT molecular complexity index is 484. The van der Waals surface area contributed by atoms with Gasteiger partial charge >= 0.3 is 0 Å². The molecule has 0 atom stereocenters. The molecule has 1 aromatic carbocycles. The fraction of sp³-hybridized carbons (Fsp3) is 0. The van der Waals surface area contributed by atoms with Crippen LogP contribution in [-0.4, -0.2) is 15.0 Å². The number of halogens is 1. The molecule has 0 radical (unpaired) electrons. The van der Waals surface area contributed by atoms with Crippen molar-refractivity contribution in [1.82, 2.24) is 15.0 Å². The fourth-order valence-electron chi connectivity index (χ4n) is 1.12. The van der Waals surface area contributed by atoms with E-state index in [4.69, 9.17) is 5.26 Å². The maximum atomic E-state index is 13.5. The second-order valence-electron chi connectivity index (χ2n) is 2.60. The molecule has 5 heteroatoms. The third kappa shape index (κ3) is 1.23. The number of nitrogens with zero attached hydrogens (tertiary/aromatic N) is 4. The van der Waals surface area contributed by atoms with Gasteiger partial charge in [0.25, 0.3) is 0 Å². The van der Waals surface area contributed by atoms with Gasteiger partial charge in [-0.15, -0.1) is 5.10 Å². The minimum Gasteiger partial charge on any atom is -0.218 e. The summed E-state index contributed by atoms with van der Waals surface area (Å²) in [5.41, 5.74) is 0.222. The molecule has 68 valence electrons. The van der Waals surface area contributed by atoms with Gasteiger partial charge in [-0.25, -0.2) is 9.07 Å². The highest BCUT2D eigenvalue weighted by Crippen LogP contribution is 2.14. The normalized spacial score (nSPS) is 9.71. The Balaban J connectivity index is 2.61. The Labute approximate surface area is 79.2 Å². The minimum absolute atomic E-state index is 0.00185. The minimum atomic E-state index is -0.583. The van der Waals surface area contributed by atoms with Gasteiger partial charge in [0.2, 0.25) is 0 Å². The maximum Gasteiger partial charge on any atom is 0.166 e. The lowest BCUT2D eigenvalue weighted by atomic mass is 10.2. The summed E-state index contributed by atoms with van der Waals surface area (Å²) < 4.78 is 14.8. The van der Waals surface area contributed by atoms with E-state index < -0.39 is 5.82 Å². The summed E-state index contributed by atoms with van der Waals surface area (Å²) in [5, 5.41) is 15.8. The molecule has 0 aliphatic rings. The van der Waals surface area contributed by atoms with Crippen molar-refractivity contribution in [3.8, 4) is 11.8 Å². The topological polar surface area (TPSA) is 54.5 Å². The molecular formula is C9H5FN4. The van der Waals surface area contributed by atoms with Crippen molar-refractivity contribution < 1.29 is 4.39 Å². The van der Waals surface area contributed by atoms with Crippen LogP contribution in [-0.2, 0) is 0 Å². The van der Waals surface area contributed by atoms with E-state index in [9.17, 15) is 4.39 Å². The average Bonchev–Trinajstić information content (AvgIpc) is 2.71. The molecule has 0 aliphatic carbocycles. The highest BCUT2D eigenvalue weighted by molar-refractivity contribution is 5.42. The fourth-order valence-corrected chi connectivity index (χ4v) is 1.12. The van der Waals surface area contributed by atoms with E-state index in [1.807, 2.05) is 0 Å². The predicted octanol–water partition coefficient (Wildman–Crippen LogP) is 1.28. The second kappa shape index (κ2) is 3.26. The van der Waals surface area contributed by atoms with Crippen LogP contribution in [0.5, 0.6) is 0 Å². The first-order chi connectivity index (χ1) is 6.83. The van der Waals surface area contributed by atoms with Crippen molar-refractivity contribution in [2.24, 2.45) is 0 Å². The zero-order valence-corrected chi connectivity index (χ0v) is 7.05. The number of rotatable bonds is 1. The lowest BCUT2D eigenvalue weighted by Gasteiger charge is -2.01. The maximum absolute atomic E-state index is 13.5. The molecule has 0 spiro atoms. The Hall–Kier alpha value is -2.22. The highest BCUT2D eigenvalue weighted by atomic mass is 19.1. The molecule has 0 unspecified atom stereocenters. The molecule has 2 rings (SSSR count). The highest BCUT2D eigenvalue weighted by Gasteiger charge is 2.08. The zero-order chi connectivity index (χ0) is 9.97. The molecule has 0 amide bonds. The summed E-state index contributed by atoms with van der Waals surface area (Å²) in [7, 11) is 0. The van der Waals surface area contributed by atoms with E-state index in [0.29, 0.717) is 0 Å². The first-order valence-corrected chi connectivity index (χ1v) is 3.88. The van der Waals surface area contributed by atoms with Crippen LogP contribution < -0.4 is 0 Å². The molecule has 1 aromatic heterocycles. The number of hydrogen-bond acceptors (Lipinski definition) is 3. The van der Waals surface area contributed by atoms with Gasteiger partial charge in [0.05, 0.1) is 18.0 Å². The summed E-state index contributed by atoms with van der Waals surface area (Å²) in [5.74, 6) is -0.583. The average molecular weight is 188 g/mol. The van der Waals surface area contributed by atoms with Crippen molar-refractivity contribution in [1.29, 1.82) is 5.26 Å². The third-order valence-corrected chi connectivity index (χ3v) is 1.77. The quantitative estimate of drug-likeness (QED) is 0.677. The molecule has 0 saturated heterocycles. The smallest absolute Gasteiger partial charge is 0.166 e. The van der Waals surface area contributed by atoms with Crippen LogP contribution in [0.2, 0.25) is 0 Å². The summed E-state index contributed by atoms with van der Waals surface area (Å²) in [6.45, 7) is 0. The molecule has 1 heterocycles. The largest absolute Gasteiger partial charge is 0.218 e. The standard InChI is InChI=1S/C9H5FN4/c10-9-7(6-11)2-1-3-8(9)14-5-4-12-13-14/h1-5H. The van der Waals surface area contributed by atoms with Gasteiger partial charge in [-0.1, -0.05) is 11.3 Å². The second-order valence-corrected chi connectivity index (χ2v) is 2.60. The monoisotopic (exact) mass is 188 g/mol. The van der Waals surface area contributed by atoms with E-state index in [2.05, 4.69) is 10.3 Å². The van der Waals surface area contributed by atoms with Crippen molar-refractivity contribution in [3.05, 3.63) is 42.0 Å². The van der Waals surface area contributed by atoms with Crippen LogP contribution >= 0.6 is 0 Å². The van der Waals surface area contributed by atoms with Crippen molar-refractivity contribution in [3.63, 3.8) is 0 Å². The van der Waals surface area contributed by atoms with E-state index in [-0.39, 0.29) is 11.3 Å². The van der Waals surface area contributed by atoms with Crippen LogP contribution in [0.1, 0.15) is 5.56 Å². The first kappa shape index (κ1) is 8.38. The van der Waals surface area contributed by atoms with Gasteiger partial charge in [-0.3, -0.25) is 0 Å². The Morgan fingerprint density at radius 2 is 2.29 bits per heavy atom. The van der Waals surface area contributed by atoms with Gasteiger partial charge in [-0.2, -0.15) is 5.26 Å². The van der Waals surface area contributed by atoms with Crippen molar-refractivity contribution in [2.75, 3.05) is 0 Å². The lowest BCUT2D eigenvalue weighted by molar-refractivity contribution is 0.603. The molecule has 0 saturated carbocycles. The number of nitriles is 1. The van der Waals surface area contributed by atoms with Gasteiger partial charge < -0.3 is 0 Å².